The molecular formula is C13H23N3O. The molecule has 2 rings (SSSR count). The highest BCUT2D eigenvalue weighted by atomic mass is 16.5. The number of aromatic nitrogens is 2. The summed E-state index contributed by atoms with van der Waals surface area (Å²) < 4.78 is 7.29. The third-order valence-electron chi connectivity index (χ3n) is 3.56. The van der Waals surface area contributed by atoms with Crippen LogP contribution in [0.1, 0.15) is 31.2 Å². The van der Waals surface area contributed by atoms with Crippen LogP contribution in [0.5, 0.6) is 0 Å². The summed E-state index contributed by atoms with van der Waals surface area (Å²) in [6.07, 6.45) is 10.5. The van der Waals surface area contributed by atoms with Gasteiger partial charge in [0.25, 0.3) is 0 Å². The van der Waals surface area contributed by atoms with Gasteiger partial charge >= 0.3 is 0 Å². The van der Waals surface area contributed by atoms with Gasteiger partial charge in [-0.25, -0.2) is 0 Å². The second-order valence-electron chi connectivity index (χ2n) is 4.95. The molecule has 1 heterocycles. The van der Waals surface area contributed by atoms with Gasteiger partial charge in [0, 0.05) is 26.4 Å². The minimum atomic E-state index is 0.458. The molecule has 0 amide bonds. The van der Waals surface area contributed by atoms with Crippen LogP contribution >= 0.6 is 0 Å². The number of hydrogen-bond donors (Lipinski definition) is 1. The first-order chi connectivity index (χ1) is 8.28. The van der Waals surface area contributed by atoms with Gasteiger partial charge < -0.3 is 10.1 Å². The van der Waals surface area contributed by atoms with Crippen LogP contribution in [0.25, 0.3) is 0 Å². The summed E-state index contributed by atoms with van der Waals surface area (Å²) in [6, 6.07) is 0.630. The molecule has 96 valence electrons. The van der Waals surface area contributed by atoms with E-state index in [2.05, 4.69) is 16.6 Å². The topological polar surface area (TPSA) is 39.1 Å². The van der Waals surface area contributed by atoms with E-state index in [-0.39, 0.29) is 0 Å². The second kappa shape index (κ2) is 6.17. The zero-order valence-corrected chi connectivity index (χ0v) is 10.9. The van der Waals surface area contributed by atoms with Gasteiger partial charge in [-0.05, 0) is 44.2 Å². The predicted molar refractivity (Wildman–Crippen MR) is 68.0 cm³/mol. The SMILES string of the molecule is COC1CCCC(NCCc2cnn(C)c2)C1. The zero-order valence-electron chi connectivity index (χ0n) is 10.9. The lowest BCUT2D eigenvalue weighted by Crippen LogP contribution is -2.37. The Morgan fingerprint density at radius 2 is 2.41 bits per heavy atom. The normalized spacial score (nSPS) is 25.1. The van der Waals surface area contributed by atoms with Crippen molar-refractivity contribution < 1.29 is 4.74 Å². The van der Waals surface area contributed by atoms with Gasteiger partial charge in [0.15, 0.2) is 0 Å². The number of rotatable bonds is 5. The van der Waals surface area contributed by atoms with Crippen LogP contribution in [0, 0.1) is 0 Å². The molecule has 1 aromatic heterocycles. The number of aryl methyl sites for hydroxylation is 1. The van der Waals surface area contributed by atoms with Gasteiger partial charge in [0.05, 0.1) is 12.3 Å². The van der Waals surface area contributed by atoms with E-state index in [1.807, 2.05) is 25.0 Å². The van der Waals surface area contributed by atoms with Crippen molar-refractivity contribution in [3.8, 4) is 0 Å². The van der Waals surface area contributed by atoms with Gasteiger partial charge in [0.2, 0.25) is 0 Å². The Hall–Kier alpha value is -0.870. The van der Waals surface area contributed by atoms with E-state index in [4.69, 9.17) is 4.74 Å². The lowest BCUT2D eigenvalue weighted by Gasteiger charge is -2.28. The molecule has 2 unspecified atom stereocenters. The maximum Gasteiger partial charge on any atom is 0.0586 e. The summed E-state index contributed by atoms with van der Waals surface area (Å²) in [7, 11) is 3.78. The Labute approximate surface area is 103 Å². The lowest BCUT2D eigenvalue weighted by atomic mass is 9.93. The summed E-state index contributed by atoms with van der Waals surface area (Å²) in [5, 5.41) is 7.80. The standard InChI is InChI=1S/C13H23N3O/c1-16-10-11(9-15-16)6-7-14-12-4-3-5-13(8-12)17-2/h9-10,12-14H,3-8H2,1-2H3. The highest BCUT2D eigenvalue weighted by molar-refractivity contribution is 5.03. The molecule has 1 aliphatic carbocycles. The van der Waals surface area contributed by atoms with Crippen molar-refractivity contribution in [1.29, 1.82) is 0 Å². The largest absolute Gasteiger partial charge is 0.381 e. The fourth-order valence-electron chi connectivity index (χ4n) is 2.57. The summed E-state index contributed by atoms with van der Waals surface area (Å²) in [5.74, 6) is 0. The zero-order chi connectivity index (χ0) is 12.1. The monoisotopic (exact) mass is 237 g/mol. The third kappa shape index (κ3) is 3.82. The van der Waals surface area contributed by atoms with Crippen molar-refractivity contribution in [1.82, 2.24) is 15.1 Å². The number of hydrogen-bond acceptors (Lipinski definition) is 3. The Kier molecular flexibility index (Phi) is 4.57. The smallest absolute Gasteiger partial charge is 0.0586 e. The maximum atomic E-state index is 5.44. The van der Waals surface area contributed by atoms with E-state index >= 15 is 0 Å². The molecule has 1 aliphatic rings. The molecule has 4 heteroatoms. The van der Waals surface area contributed by atoms with Gasteiger partial charge in [-0.1, -0.05) is 0 Å². The van der Waals surface area contributed by atoms with Crippen molar-refractivity contribution in [3.63, 3.8) is 0 Å². The maximum absolute atomic E-state index is 5.44. The molecule has 1 saturated carbocycles. The van der Waals surface area contributed by atoms with Crippen molar-refractivity contribution >= 4 is 0 Å². The molecule has 1 fully saturated rings. The molecule has 0 radical (unpaired) electrons. The van der Waals surface area contributed by atoms with E-state index in [9.17, 15) is 0 Å². The molecular weight excluding hydrogens is 214 g/mol. The van der Waals surface area contributed by atoms with E-state index in [1.54, 1.807) is 0 Å². The number of methoxy groups -OCH3 is 1. The minimum absolute atomic E-state index is 0.458. The Morgan fingerprint density at radius 1 is 1.53 bits per heavy atom. The minimum Gasteiger partial charge on any atom is -0.381 e. The van der Waals surface area contributed by atoms with Gasteiger partial charge in [-0.2, -0.15) is 5.10 Å². The summed E-state index contributed by atoms with van der Waals surface area (Å²) >= 11 is 0. The van der Waals surface area contributed by atoms with Crippen molar-refractivity contribution in [2.45, 2.75) is 44.2 Å². The van der Waals surface area contributed by atoms with Crippen molar-refractivity contribution in [2.24, 2.45) is 7.05 Å². The van der Waals surface area contributed by atoms with E-state index in [0.717, 1.165) is 19.4 Å². The summed E-state index contributed by atoms with van der Waals surface area (Å²) in [4.78, 5) is 0. The molecule has 1 N–H and O–H groups in total. The fraction of sp³-hybridized carbons (Fsp3) is 0.769. The van der Waals surface area contributed by atoms with Crippen LogP contribution in [0.15, 0.2) is 12.4 Å². The molecule has 0 aromatic carbocycles. The van der Waals surface area contributed by atoms with Crippen molar-refractivity contribution in [3.05, 3.63) is 18.0 Å². The molecule has 1 aromatic rings. The first kappa shape index (κ1) is 12.6. The number of ether oxygens (including phenoxy) is 1. The lowest BCUT2D eigenvalue weighted by molar-refractivity contribution is 0.0590. The Morgan fingerprint density at radius 3 is 3.12 bits per heavy atom. The molecule has 0 saturated heterocycles. The fourth-order valence-corrected chi connectivity index (χ4v) is 2.57. The van der Waals surface area contributed by atoms with Gasteiger partial charge in [-0.15, -0.1) is 0 Å². The van der Waals surface area contributed by atoms with Crippen LogP contribution in [-0.4, -0.2) is 35.6 Å². The molecule has 0 aliphatic heterocycles. The highest BCUT2D eigenvalue weighted by Gasteiger charge is 2.20. The molecule has 0 bridgehead atoms. The Bertz CT molecular complexity index is 337. The number of nitrogens with one attached hydrogen (secondary N) is 1. The van der Waals surface area contributed by atoms with Crippen LogP contribution < -0.4 is 5.32 Å². The van der Waals surface area contributed by atoms with E-state index in [1.165, 1.54) is 24.8 Å². The van der Waals surface area contributed by atoms with Crippen LogP contribution in [0.2, 0.25) is 0 Å². The van der Waals surface area contributed by atoms with Crippen LogP contribution in [0.4, 0.5) is 0 Å². The van der Waals surface area contributed by atoms with Gasteiger partial charge in [-0.3, -0.25) is 4.68 Å². The third-order valence-corrected chi connectivity index (χ3v) is 3.56. The molecule has 2 atom stereocenters. The van der Waals surface area contributed by atoms with Gasteiger partial charge in [0.1, 0.15) is 0 Å². The molecule has 0 spiro atoms. The van der Waals surface area contributed by atoms with E-state index in [0.29, 0.717) is 12.1 Å². The molecule has 4 nitrogen and oxygen atoms in total. The second-order valence-corrected chi connectivity index (χ2v) is 4.95. The summed E-state index contributed by atoms with van der Waals surface area (Å²) in [5.41, 5.74) is 1.30. The predicted octanol–water partition coefficient (Wildman–Crippen LogP) is 1.51. The highest BCUT2D eigenvalue weighted by Crippen LogP contribution is 2.20. The van der Waals surface area contributed by atoms with Crippen LogP contribution in [0.3, 0.4) is 0 Å². The average molecular weight is 237 g/mol. The first-order valence-corrected chi connectivity index (χ1v) is 6.51. The quantitative estimate of drug-likeness (QED) is 0.843. The first-order valence-electron chi connectivity index (χ1n) is 6.51. The van der Waals surface area contributed by atoms with Crippen LogP contribution in [-0.2, 0) is 18.2 Å². The summed E-state index contributed by atoms with van der Waals surface area (Å²) in [6.45, 7) is 1.03. The average Bonchev–Trinajstić information content (AvgIpc) is 2.75. The number of nitrogens with zero attached hydrogens (tertiary/aromatic N) is 2. The van der Waals surface area contributed by atoms with E-state index < -0.39 is 0 Å². The Balaban J connectivity index is 1.68. The molecule has 17 heavy (non-hydrogen) atoms. The van der Waals surface area contributed by atoms with Crippen molar-refractivity contribution in [2.75, 3.05) is 13.7 Å².